The average molecular weight is 178 g/mol. The Balaban J connectivity index is 3.75. The third kappa shape index (κ3) is 4.01. The molecule has 1 unspecified atom stereocenters. The third-order valence-electron chi connectivity index (χ3n) is 2.10. The van der Waals surface area contributed by atoms with Gasteiger partial charge in [0, 0.05) is 32.3 Å². The Kier molecular flexibility index (Phi) is 7.39. The zero-order chi connectivity index (χ0) is 9.40. The van der Waals surface area contributed by atoms with Gasteiger partial charge in [-0.1, -0.05) is 0 Å². The van der Waals surface area contributed by atoms with E-state index in [4.69, 9.17) is 20.4 Å². The molecule has 0 bridgehead atoms. The van der Waals surface area contributed by atoms with Crippen LogP contribution >= 0.6 is 0 Å². The largest absolute Gasteiger partial charge is 0.396 e. The minimum Gasteiger partial charge on any atom is -0.396 e. The molecule has 0 amide bonds. The lowest BCUT2D eigenvalue weighted by Crippen LogP contribution is -2.25. The summed E-state index contributed by atoms with van der Waals surface area (Å²) in [6, 6.07) is 0. The highest BCUT2D eigenvalue weighted by atomic mass is 16.3. The van der Waals surface area contributed by atoms with Crippen molar-refractivity contribution in [3.05, 3.63) is 0 Å². The van der Waals surface area contributed by atoms with Crippen LogP contribution in [-0.2, 0) is 0 Å². The highest BCUT2D eigenvalue weighted by molar-refractivity contribution is 4.67. The van der Waals surface area contributed by atoms with E-state index in [0.29, 0.717) is 12.8 Å². The second-order valence-electron chi connectivity index (χ2n) is 2.93. The van der Waals surface area contributed by atoms with Gasteiger partial charge in [-0.25, -0.2) is 0 Å². The molecule has 0 aliphatic carbocycles. The van der Waals surface area contributed by atoms with Gasteiger partial charge in [0.25, 0.3) is 0 Å². The average Bonchev–Trinajstić information content (AvgIpc) is 2.12. The first-order valence-electron chi connectivity index (χ1n) is 4.23. The molecular formula is C8H18O4. The molecule has 0 spiro atoms. The summed E-state index contributed by atoms with van der Waals surface area (Å²) in [5, 5.41) is 35.0. The highest BCUT2D eigenvalue weighted by Gasteiger charge is 2.18. The van der Waals surface area contributed by atoms with E-state index in [1.54, 1.807) is 0 Å². The van der Waals surface area contributed by atoms with E-state index in [-0.39, 0.29) is 38.3 Å². The monoisotopic (exact) mass is 178 g/mol. The van der Waals surface area contributed by atoms with Crippen LogP contribution in [0.1, 0.15) is 12.8 Å². The Bertz CT molecular complexity index is 93.1. The zero-order valence-corrected chi connectivity index (χ0v) is 7.19. The lowest BCUT2D eigenvalue weighted by molar-refractivity contribution is 0.0655. The summed E-state index contributed by atoms with van der Waals surface area (Å²) in [7, 11) is 0. The van der Waals surface area contributed by atoms with Gasteiger partial charge in [-0.3, -0.25) is 0 Å². The molecule has 0 aliphatic heterocycles. The maximum absolute atomic E-state index is 8.88. The van der Waals surface area contributed by atoms with Crippen LogP contribution in [0.4, 0.5) is 0 Å². The normalized spacial score (nSPS) is 13.8. The Morgan fingerprint density at radius 2 is 1.25 bits per heavy atom. The van der Waals surface area contributed by atoms with Crippen LogP contribution in [0.5, 0.6) is 0 Å². The van der Waals surface area contributed by atoms with Gasteiger partial charge in [-0.15, -0.1) is 0 Å². The molecular weight excluding hydrogens is 160 g/mol. The van der Waals surface area contributed by atoms with Crippen molar-refractivity contribution in [2.75, 3.05) is 26.4 Å². The lowest BCUT2D eigenvalue weighted by Gasteiger charge is -2.21. The molecule has 0 aromatic carbocycles. The van der Waals surface area contributed by atoms with Crippen molar-refractivity contribution in [1.29, 1.82) is 0 Å². The molecule has 4 nitrogen and oxygen atoms in total. The minimum absolute atomic E-state index is 0.0498. The van der Waals surface area contributed by atoms with Gasteiger partial charge in [-0.2, -0.15) is 0 Å². The summed E-state index contributed by atoms with van der Waals surface area (Å²) in [4.78, 5) is 0. The fraction of sp³-hybridized carbons (Fsp3) is 1.00. The Morgan fingerprint density at radius 1 is 0.750 bits per heavy atom. The molecule has 1 atom stereocenters. The molecule has 0 aromatic heterocycles. The van der Waals surface area contributed by atoms with Crippen molar-refractivity contribution in [3.63, 3.8) is 0 Å². The van der Waals surface area contributed by atoms with Crippen molar-refractivity contribution >= 4 is 0 Å². The predicted molar refractivity (Wildman–Crippen MR) is 44.6 cm³/mol. The minimum atomic E-state index is -0.262. The molecule has 0 heterocycles. The van der Waals surface area contributed by atoms with Crippen LogP contribution in [0.25, 0.3) is 0 Å². The van der Waals surface area contributed by atoms with E-state index in [1.165, 1.54) is 0 Å². The summed E-state index contributed by atoms with van der Waals surface area (Å²) < 4.78 is 0. The van der Waals surface area contributed by atoms with E-state index < -0.39 is 0 Å². The van der Waals surface area contributed by atoms with Crippen LogP contribution in [0.15, 0.2) is 0 Å². The summed E-state index contributed by atoms with van der Waals surface area (Å²) in [5.74, 6) is -0.367. The van der Waals surface area contributed by atoms with Gasteiger partial charge < -0.3 is 20.4 Å². The summed E-state index contributed by atoms with van der Waals surface area (Å²) in [6.07, 6.45) is 1.24. The standard InChI is InChI=1S/C8H18O4/c9-3-1-2-7(4-10)8(5-11)6-12/h7-12H,1-6H2. The molecule has 4 heteroatoms. The van der Waals surface area contributed by atoms with Gasteiger partial charge in [-0.05, 0) is 18.8 Å². The predicted octanol–water partition coefficient (Wildman–Crippen LogP) is -1.03. The molecule has 0 rings (SSSR count). The smallest absolute Gasteiger partial charge is 0.0484 e. The summed E-state index contributed by atoms with van der Waals surface area (Å²) in [6.45, 7) is -0.202. The fourth-order valence-electron chi connectivity index (χ4n) is 1.19. The van der Waals surface area contributed by atoms with Gasteiger partial charge in [0.1, 0.15) is 0 Å². The van der Waals surface area contributed by atoms with Crippen LogP contribution in [0, 0.1) is 11.8 Å². The molecule has 0 saturated heterocycles. The molecule has 0 fully saturated rings. The Hall–Kier alpha value is -0.160. The third-order valence-corrected chi connectivity index (χ3v) is 2.10. The van der Waals surface area contributed by atoms with Gasteiger partial charge >= 0.3 is 0 Å². The molecule has 0 saturated carbocycles. The SMILES string of the molecule is OCCCC(CO)C(CO)CO. The maximum Gasteiger partial charge on any atom is 0.0484 e. The van der Waals surface area contributed by atoms with Gasteiger partial charge in [0.2, 0.25) is 0 Å². The van der Waals surface area contributed by atoms with Crippen LogP contribution < -0.4 is 0 Å². The lowest BCUT2D eigenvalue weighted by atomic mass is 9.90. The van der Waals surface area contributed by atoms with Crippen molar-refractivity contribution in [3.8, 4) is 0 Å². The Labute approximate surface area is 72.5 Å². The van der Waals surface area contributed by atoms with E-state index in [2.05, 4.69) is 0 Å². The molecule has 0 radical (unpaired) electrons. The van der Waals surface area contributed by atoms with Crippen molar-refractivity contribution in [2.45, 2.75) is 12.8 Å². The molecule has 74 valence electrons. The molecule has 4 N–H and O–H groups in total. The van der Waals surface area contributed by atoms with Crippen molar-refractivity contribution in [2.24, 2.45) is 11.8 Å². The van der Waals surface area contributed by atoms with Gasteiger partial charge in [0.15, 0.2) is 0 Å². The molecule has 0 aromatic rings. The topological polar surface area (TPSA) is 80.9 Å². The van der Waals surface area contributed by atoms with Crippen LogP contribution in [0.2, 0.25) is 0 Å². The zero-order valence-electron chi connectivity index (χ0n) is 7.19. The number of hydrogen-bond donors (Lipinski definition) is 4. The van der Waals surface area contributed by atoms with E-state index in [9.17, 15) is 0 Å². The number of rotatable bonds is 7. The van der Waals surface area contributed by atoms with Crippen LogP contribution in [0.3, 0.4) is 0 Å². The van der Waals surface area contributed by atoms with Crippen LogP contribution in [-0.4, -0.2) is 46.9 Å². The van der Waals surface area contributed by atoms with Gasteiger partial charge in [0.05, 0.1) is 0 Å². The maximum atomic E-state index is 8.88. The number of aliphatic hydroxyl groups excluding tert-OH is 4. The van der Waals surface area contributed by atoms with Crippen molar-refractivity contribution < 1.29 is 20.4 Å². The second-order valence-corrected chi connectivity index (χ2v) is 2.93. The Morgan fingerprint density at radius 3 is 1.58 bits per heavy atom. The molecule has 12 heavy (non-hydrogen) atoms. The fourth-order valence-corrected chi connectivity index (χ4v) is 1.19. The summed E-state index contributed by atoms with van der Waals surface area (Å²) >= 11 is 0. The van der Waals surface area contributed by atoms with E-state index >= 15 is 0 Å². The second kappa shape index (κ2) is 7.49. The first-order chi connectivity index (χ1) is 5.79. The van der Waals surface area contributed by atoms with E-state index in [1.807, 2.05) is 0 Å². The number of hydrogen-bond acceptors (Lipinski definition) is 4. The van der Waals surface area contributed by atoms with Crippen molar-refractivity contribution in [1.82, 2.24) is 0 Å². The molecule has 0 aliphatic rings. The number of aliphatic hydroxyl groups is 4. The highest BCUT2D eigenvalue weighted by Crippen LogP contribution is 2.16. The quantitative estimate of drug-likeness (QED) is 0.402. The first kappa shape index (κ1) is 11.8. The first-order valence-corrected chi connectivity index (χ1v) is 4.23. The van der Waals surface area contributed by atoms with E-state index in [0.717, 1.165) is 0 Å². The summed E-state index contributed by atoms with van der Waals surface area (Å²) in [5.41, 5.74) is 0.